The lowest BCUT2D eigenvalue weighted by Gasteiger charge is -2.13. The first-order valence-corrected chi connectivity index (χ1v) is 12.5. The number of carbonyl (C=O) groups excluding carboxylic acids is 2. The van der Waals surface area contributed by atoms with Gasteiger partial charge in [0.05, 0.1) is 26.8 Å². The first kappa shape index (κ1) is 22.9. The number of aryl methyl sites for hydroxylation is 2. The van der Waals surface area contributed by atoms with Gasteiger partial charge in [-0.05, 0) is 50.1 Å². The van der Waals surface area contributed by atoms with Crippen molar-refractivity contribution in [2.45, 2.75) is 26.8 Å². The number of thiazole rings is 1. The van der Waals surface area contributed by atoms with E-state index in [-0.39, 0.29) is 17.4 Å². The normalized spacial score (nSPS) is 12.1. The molecule has 176 valence electrons. The van der Waals surface area contributed by atoms with E-state index in [0.717, 1.165) is 27.1 Å². The molecular formula is C25H21N5O3S2. The van der Waals surface area contributed by atoms with Crippen LogP contribution in [0, 0.1) is 13.8 Å². The number of hydrogen-bond acceptors (Lipinski definition) is 7. The number of benzene rings is 2. The fraction of sp³-hybridized carbons (Fsp3) is 0.160. The Bertz CT molecular complexity index is 1630. The van der Waals surface area contributed by atoms with Gasteiger partial charge in [-0.2, -0.15) is 0 Å². The van der Waals surface area contributed by atoms with E-state index in [1.807, 2.05) is 55.5 Å². The van der Waals surface area contributed by atoms with E-state index in [0.29, 0.717) is 31.5 Å². The molecule has 3 aromatic heterocycles. The van der Waals surface area contributed by atoms with Crippen LogP contribution in [0.5, 0.6) is 0 Å². The highest BCUT2D eigenvalue weighted by Gasteiger charge is 2.23. The maximum atomic E-state index is 13.3. The zero-order valence-corrected chi connectivity index (χ0v) is 20.8. The van der Waals surface area contributed by atoms with Gasteiger partial charge in [-0.1, -0.05) is 41.7 Å². The van der Waals surface area contributed by atoms with Crippen LogP contribution in [-0.2, 0) is 4.79 Å². The Balaban J connectivity index is 1.43. The van der Waals surface area contributed by atoms with Gasteiger partial charge in [0, 0.05) is 5.69 Å². The van der Waals surface area contributed by atoms with Crippen LogP contribution in [-0.4, -0.2) is 26.3 Å². The molecule has 1 unspecified atom stereocenters. The Labute approximate surface area is 208 Å². The maximum absolute atomic E-state index is 13.3. The monoisotopic (exact) mass is 503 g/mol. The van der Waals surface area contributed by atoms with Crippen molar-refractivity contribution in [1.82, 2.24) is 14.5 Å². The number of rotatable bonds is 5. The van der Waals surface area contributed by atoms with Gasteiger partial charge in [0.25, 0.3) is 11.5 Å². The summed E-state index contributed by atoms with van der Waals surface area (Å²) in [6, 6.07) is 14.3. The minimum absolute atomic E-state index is 0.299. The summed E-state index contributed by atoms with van der Waals surface area (Å²) in [6.07, 6.45) is 1.35. The maximum Gasteiger partial charge on any atom is 0.266 e. The Kier molecular flexibility index (Phi) is 5.91. The summed E-state index contributed by atoms with van der Waals surface area (Å²) in [5, 5.41) is 6.51. The molecule has 0 aliphatic rings. The van der Waals surface area contributed by atoms with Gasteiger partial charge >= 0.3 is 0 Å². The van der Waals surface area contributed by atoms with Gasteiger partial charge in [-0.15, -0.1) is 11.3 Å². The van der Waals surface area contributed by atoms with E-state index in [2.05, 4.69) is 20.6 Å². The number of nitrogens with one attached hydrogen (secondary N) is 2. The third kappa shape index (κ3) is 4.22. The Morgan fingerprint density at radius 2 is 1.74 bits per heavy atom. The molecule has 2 aromatic carbocycles. The molecule has 0 fully saturated rings. The van der Waals surface area contributed by atoms with Gasteiger partial charge in [-0.3, -0.25) is 19.0 Å². The molecular weight excluding hydrogens is 482 g/mol. The summed E-state index contributed by atoms with van der Waals surface area (Å²) in [7, 11) is 0. The van der Waals surface area contributed by atoms with E-state index in [1.165, 1.54) is 22.2 Å². The van der Waals surface area contributed by atoms with E-state index in [4.69, 9.17) is 0 Å². The highest BCUT2D eigenvalue weighted by Crippen LogP contribution is 2.29. The number of fused-ring (bicyclic) bond motifs is 2. The van der Waals surface area contributed by atoms with Crippen molar-refractivity contribution in [2.75, 3.05) is 10.6 Å². The molecule has 0 aliphatic heterocycles. The van der Waals surface area contributed by atoms with E-state index in [1.54, 1.807) is 13.8 Å². The second-order valence-electron chi connectivity index (χ2n) is 8.11. The fourth-order valence-corrected chi connectivity index (χ4v) is 5.69. The summed E-state index contributed by atoms with van der Waals surface area (Å²) in [5.74, 6) is -0.676. The highest BCUT2D eigenvalue weighted by atomic mass is 32.1. The van der Waals surface area contributed by atoms with Crippen molar-refractivity contribution < 1.29 is 9.59 Å². The van der Waals surface area contributed by atoms with Crippen LogP contribution >= 0.6 is 22.7 Å². The third-order valence-electron chi connectivity index (χ3n) is 5.80. The van der Waals surface area contributed by atoms with Crippen molar-refractivity contribution in [3.8, 4) is 0 Å². The molecule has 8 nitrogen and oxygen atoms in total. The molecule has 1 atom stereocenters. The second kappa shape index (κ2) is 9.05. The van der Waals surface area contributed by atoms with Crippen LogP contribution in [0.25, 0.3) is 20.4 Å². The summed E-state index contributed by atoms with van der Waals surface area (Å²) in [5.41, 5.74) is 2.62. The van der Waals surface area contributed by atoms with Crippen LogP contribution in [0.2, 0.25) is 0 Å². The third-order valence-corrected chi connectivity index (χ3v) is 7.95. The lowest BCUT2D eigenvalue weighted by atomic mass is 10.1. The smallest absolute Gasteiger partial charge is 0.266 e. The minimum atomic E-state index is -0.824. The Morgan fingerprint density at radius 3 is 2.51 bits per heavy atom. The van der Waals surface area contributed by atoms with E-state index in [9.17, 15) is 14.4 Å². The average Bonchev–Trinajstić information content (AvgIpc) is 3.41. The molecule has 0 aliphatic carbocycles. The first-order chi connectivity index (χ1) is 16.8. The lowest BCUT2D eigenvalue weighted by molar-refractivity contribution is -0.118. The highest BCUT2D eigenvalue weighted by molar-refractivity contribution is 7.22. The molecule has 5 aromatic rings. The molecule has 0 bridgehead atoms. The van der Waals surface area contributed by atoms with Gasteiger partial charge in [-0.25, -0.2) is 9.97 Å². The van der Waals surface area contributed by atoms with Crippen molar-refractivity contribution in [2.24, 2.45) is 0 Å². The molecule has 0 spiro atoms. The number of thiophene rings is 1. The largest absolute Gasteiger partial charge is 0.321 e. The van der Waals surface area contributed by atoms with Crippen molar-refractivity contribution in [1.29, 1.82) is 0 Å². The van der Waals surface area contributed by atoms with Gasteiger partial charge in [0.15, 0.2) is 5.13 Å². The molecule has 35 heavy (non-hydrogen) atoms. The van der Waals surface area contributed by atoms with Crippen molar-refractivity contribution in [3.63, 3.8) is 0 Å². The first-order valence-electron chi connectivity index (χ1n) is 10.9. The van der Waals surface area contributed by atoms with Crippen molar-refractivity contribution >= 4 is 65.7 Å². The molecule has 5 rings (SSSR count). The minimum Gasteiger partial charge on any atom is -0.321 e. The van der Waals surface area contributed by atoms with Crippen LogP contribution in [0.4, 0.5) is 10.8 Å². The molecule has 0 saturated heterocycles. The summed E-state index contributed by atoms with van der Waals surface area (Å²) >= 11 is 2.53. The number of hydrogen-bond donors (Lipinski definition) is 2. The molecule has 0 radical (unpaired) electrons. The van der Waals surface area contributed by atoms with Crippen molar-refractivity contribution in [3.05, 3.63) is 81.2 Å². The SMILES string of the molecule is Cc1ccccc1NC(=O)c1sc2ncn(C(C)C(=O)Nc3nc4ccccc4s3)c(=O)c2c1C. The molecule has 10 heteroatoms. The van der Waals surface area contributed by atoms with Crippen LogP contribution in [0.1, 0.15) is 33.8 Å². The average molecular weight is 504 g/mol. The van der Waals surface area contributed by atoms with Crippen LogP contribution in [0.3, 0.4) is 0 Å². The molecule has 0 saturated carbocycles. The molecule has 2 N–H and O–H groups in total. The van der Waals surface area contributed by atoms with Gasteiger partial charge in [0.2, 0.25) is 5.91 Å². The molecule has 3 heterocycles. The van der Waals surface area contributed by atoms with Crippen LogP contribution in [0.15, 0.2) is 59.7 Å². The predicted molar refractivity (Wildman–Crippen MR) is 141 cm³/mol. The molecule has 2 amide bonds. The number of para-hydroxylation sites is 2. The van der Waals surface area contributed by atoms with Gasteiger partial charge < -0.3 is 10.6 Å². The zero-order chi connectivity index (χ0) is 24.7. The van der Waals surface area contributed by atoms with E-state index < -0.39 is 6.04 Å². The van der Waals surface area contributed by atoms with E-state index >= 15 is 0 Å². The number of anilines is 2. The summed E-state index contributed by atoms with van der Waals surface area (Å²) in [6.45, 7) is 5.27. The predicted octanol–water partition coefficient (Wildman–Crippen LogP) is 5.14. The standard InChI is InChI=1S/C25H21N5O3S2/c1-13-8-4-5-9-16(13)27-22(32)20-14(2)19-23(35-20)26-12-30(24(19)33)15(3)21(31)29-25-28-17-10-6-7-11-18(17)34-25/h4-12,15H,1-3H3,(H,27,32)(H,28,29,31). The number of carbonyl (C=O) groups is 2. The summed E-state index contributed by atoms with van der Waals surface area (Å²) in [4.78, 5) is 48.9. The zero-order valence-electron chi connectivity index (χ0n) is 19.2. The number of aromatic nitrogens is 3. The second-order valence-corrected chi connectivity index (χ2v) is 10.1. The lowest BCUT2D eigenvalue weighted by Crippen LogP contribution is -2.31. The fourth-order valence-electron chi connectivity index (χ4n) is 3.78. The van der Waals surface area contributed by atoms with Crippen LogP contribution < -0.4 is 16.2 Å². The quantitative estimate of drug-likeness (QED) is 0.346. The Hall–Kier alpha value is -3.89. The number of nitrogens with zero attached hydrogens (tertiary/aromatic N) is 3. The Morgan fingerprint density at radius 1 is 1.00 bits per heavy atom. The topological polar surface area (TPSA) is 106 Å². The van der Waals surface area contributed by atoms with Gasteiger partial charge in [0.1, 0.15) is 10.9 Å². The summed E-state index contributed by atoms with van der Waals surface area (Å²) < 4.78 is 2.24. The number of amides is 2.